The Morgan fingerprint density at radius 1 is 1.50 bits per heavy atom. The Kier molecular flexibility index (Phi) is 5.56. The van der Waals surface area contributed by atoms with Gasteiger partial charge in [-0.2, -0.15) is 0 Å². The van der Waals surface area contributed by atoms with Gasteiger partial charge in [0, 0.05) is 38.8 Å². The van der Waals surface area contributed by atoms with Crippen LogP contribution in [0.15, 0.2) is 12.5 Å². The van der Waals surface area contributed by atoms with E-state index in [0.717, 1.165) is 18.8 Å². The normalized spacial score (nSPS) is 10.4. The molecule has 1 aromatic rings. The van der Waals surface area contributed by atoms with Crippen molar-refractivity contribution >= 4 is 5.91 Å². The highest BCUT2D eigenvalue weighted by Gasteiger charge is 2.01. The molecule has 16 heavy (non-hydrogen) atoms. The predicted octanol–water partition coefficient (Wildman–Crippen LogP) is 0.519. The zero-order chi connectivity index (χ0) is 11.8. The molecule has 0 aromatic carbocycles. The SMILES string of the molecule is CCNC(=O)CCNCc1cncn1CC. The quantitative estimate of drug-likeness (QED) is 0.664. The summed E-state index contributed by atoms with van der Waals surface area (Å²) in [5, 5.41) is 6.00. The molecular formula is C11H20N4O. The van der Waals surface area contributed by atoms with Crippen molar-refractivity contribution in [3.63, 3.8) is 0 Å². The molecule has 0 unspecified atom stereocenters. The average molecular weight is 224 g/mol. The fourth-order valence-electron chi connectivity index (χ4n) is 1.48. The van der Waals surface area contributed by atoms with Crippen LogP contribution in [-0.2, 0) is 17.9 Å². The number of nitrogens with zero attached hydrogens (tertiary/aromatic N) is 2. The Labute approximate surface area is 96.3 Å². The number of hydrogen-bond acceptors (Lipinski definition) is 3. The first kappa shape index (κ1) is 12.7. The molecule has 90 valence electrons. The van der Waals surface area contributed by atoms with Gasteiger partial charge in [-0.3, -0.25) is 4.79 Å². The molecular weight excluding hydrogens is 204 g/mol. The van der Waals surface area contributed by atoms with Crippen molar-refractivity contribution in [3.8, 4) is 0 Å². The molecule has 5 heteroatoms. The van der Waals surface area contributed by atoms with E-state index in [-0.39, 0.29) is 5.91 Å². The fraction of sp³-hybridized carbons (Fsp3) is 0.636. The Hall–Kier alpha value is -1.36. The number of rotatable bonds is 7. The van der Waals surface area contributed by atoms with Crippen molar-refractivity contribution in [2.24, 2.45) is 0 Å². The van der Waals surface area contributed by atoms with Crippen LogP contribution < -0.4 is 10.6 Å². The molecule has 0 aliphatic carbocycles. The third-order valence-corrected chi connectivity index (χ3v) is 2.35. The van der Waals surface area contributed by atoms with Gasteiger partial charge in [0.1, 0.15) is 0 Å². The summed E-state index contributed by atoms with van der Waals surface area (Å²) in [6, 6.07) is 0. The Morgan fingerprint density at radius 3 is 3.00 bits per heavy atom. The van der Waals surface area contributed by atoms with Gasteiger partial charge in [0.2, 0.25) is 5.91 Å². The van der Waals surface area contributed by atoms with Crippen LogP contribution >= 0.6 is 0 Å². The van der Waals surface area contributed by atoms with E-state index in [1.165, 1.54) is 0 Å². The summed E-state index contributed by atoms with van der Waals surface area (Å²) >= 11 is 0. The summed E-state index contributed by atoms with van der Waals surface area (Å²) in [6.45, 7) is 7.08. The van der Waals surface area contributed by atoms with E-state index in [1.807, 2.05) is 19.4 Å². The molecule has 0 fully saturated rings. The van der Waals surface area contributed by atoms with Crippen molar-refractivity contribution in [3.05, 3.63) is 18.2 Å². The highest BCUT2D eigenvalue weighted by Crippen LogP contribution is 1.97. The summed E-state index contributed by atoms with van der Waals surface area (Å²) in [6.07, 6.45) is 4.19. The molecule has 0 saturated carbocycles. The second kappa shape index (κ2) is 7.00. The maximum atomic E-state index is 11.2. The van der Waals surface area contributed by atoms with Crippen molar-refractivity contribution in [2.45, 2.75) is 33.4 Å². The number of aromatic nitrogens is 2. The number of imidazole rings is 1. The molecule has 0 spiro atoms. The average Bonchev–Trinajstić information content (AvgIpc) is 2.72. The molecule has 0 bridgehead atoms. The maximum absolute atomic E-state index is 11.2. The molecule has 5 nitrogen and oxygen atoms in total. The molecule has 0 radical (unpaired) electrons. The number of carbonyl (C=O) groups is 1. The van der Waals surface area contributed by atoms with Crippen LogP contribution in [0.2, 0.25) is 0 Å². The van der Waals surface area contributed by atoms with Gasteiger partial charge < -0.3 is 15.2 Å². The van der Waals surface area contributed by atoms with Crippen LogP contribution in [-0.4, -0.2) is 28.5 Å². The van der Waals surface area contributed by atoms with Gasteiger partial charge in [0.25, 0.3) is 0 Å². The Morgan fingerprint density at radius 2 is 2.31 bits per heavy atom. The third-order valence-electron chi connectivity index (χ3n) is 2.35. The first-order valence-electron chi connectivity index (χ1n) is 5.74. The third kappa shape index (κ3) is 4.02. The van der Waals surface area contributed by atoms with Gasteiger partial charge in [-0.05, 0) is 13.8 Å². The number of carbonyl (C=O) groups excluding carboxylic acids is 1. The smallest absolute Gasteiger partial charge is 0.221 e. The standard InChI is InChI=1S/C11H20N4O/c1-3-14-11(16)5-6-12-7-10-8-13-9-15(10)4-2/h8-9,12H,3-7H2,1-2H3,(H,14,16). The van der Waals surface area contributed by atoms with E-state index >= 15 is 0 Å². The Bertz CT molecular complexity index is 322. The largest absolute Gasteiger partial charge is 0.356 e. The van der Waals surface area contributed by atoms with Crippen LogP contribution in [0.25, 0.3) is 0 Å². The van der Waals surface area contributed by atoms with Gasteiger partial charge in [-0.25, -0.2) is 4.98 Å². The van der Waals surface area contributed by atoms with E-state index < -0.39 is 0 Å². The minimum Gasteiger partial charge on any atom is -0.356 e. The fourth-order valence-corrected chi connectivity index (χ4v) is 1.48. The van der Waals surface area contributed by atoms with E-state index in [4.69, 9.17) is 0 Å². The molecule has 0 saturated heterocycles. The lowest BCUT2D eigenvalue weighted by molar-refractivity contribution is -0.120. The van der Waals surface area contributed by atoms with Crippen molar-refractivity contribution < 1.29 is 4.79 Å². The summed E-state index contributed by atoms with van der Waals surface area (Å²) in [4.78, 5) is 15.2. The summed E-state index contributed by atoms with van der Waals surface area (Å²) in [5.41, 5.74) is 1.15. The second-order valence-corrected chi connectivity index (χ2v) is 3.55. The van der Waals surface area contributed by atoms with E-state index in [9.17, 15) is 4.79 Å². The lowest BCUT2D eigenvalue weighted by Crippen LogP contribution is -2.27. The van der Waals surface area contributed by atoms with Gasteiger partial charge in [-0.1, -0.05) is 0 Å². The lowest BCUT2D eigenvalue weighted by Gasteiger charge is -2.07. The number of hydrogen-bond donors (Lipinski definition) is 2. The monoisotopic (exact) mass is 224 g/mol. The molecule has 0 aliphatic heterocycles. The lowest BCUT2D eigenvalue weighted by atomic mass is 10.3. The second-order valence-electron chi connectivity index (χ2n) is 3.55. The van der Waals surface area contributed by atoms with E-state index in [0.29, 0.717) is 19.5 Å². The highest BCUT2D eigenvalue weighted by molar-refractivity contribution is 5.75. The van der Waals surface area contributed by atoms with Crippen molar-refractivity contribution in [1.29, 1.82) is 0 Å². The van der Waals surface area contributed by atoms with Crippen molar-refractivity contribution in [1.82, 2.24) is 20.2 Å². The number of aryl methyl sites for hydroxylation is 1. The van der Waals surface area contributed by atoms with Crippen LogP contribution in [0.5, 0.6) is 0 Å². The van der Waals surface area contributed by atoms with Crippen LogP contribution in [0, 0.1) is 0 Å². The number of nitrogens with one attached hydrogen (secondary N) is 2. The zero-order valence-corrected chi connectivity index (χ0v) is 9.99. The van der Waals surface area contributed by atoms with Crippen LogP contribution in [0.3, 0.4) is 0 Å². The van der Waals surface area contributed by atoms with Crippen LogP contribution in [0.4, 0.5) is 0 Å². The van der Waals surface area contributed by atoms with E-state index in [1.54, 1.807) is 0 Å². The molecule has 1 aromatic heterocycles. The minimum atomic E-state index is 0.0963. The molecule has 1 rings (SSSR count). The minimum absolute atomic E-state index is 0.0963. The van der Waals surface area contributed by atoms with E-state index in [2.05, 4.69) is 27.1 Å². The molecule has 0 atom stereocenters. The van der Waals surface area contributed by atoms with Gasteiger partial charge in [0.15, 0.2) is 0 Å². The van der Waals surface area contributed by atoms with Gasteiger partial charge in [0.05, 0.1) is 12.0 Å². The first-order valence-corrected chi connectivity index (χ1v) is 5.74. The molecule has 2 N–H and O–H groups in total. The summed E-state index contributed by atoms with van der Waals surface area (Å²) in [7, 11) is 0. The zero-order valence-electron chi connectivity index (χ0n) is 9.99. The molecule has 1 amide bonds. The molecule has 0 aliphatic rings. The van der Waals surface area contributed by atoms with Crippen molar-refractivity contribution in [2.75, 3.05) is 13.1 Å². The Balaban J connectivity index is 2.18. The number of amides is 1. The summed E-state index contributed by atoms with van der Waals surface area (Å²) < 4.78 is 2.08. The van der Waals surface area contributed by atoms with Crippen LogP contribution in [0.1, 0.15) is 26.0 Å². The maximum Gasteiger partial charge on any atom is 0.221 e. The summed E-state index contributed by atoms with van der Waals surface area (Å²) in [5.74, 6) is 0.0963. The molecule has 1 heterocycles. The topological polar surface area (TPSA) is 59.0 Å². The first-order chi connectivity index (χ1) is 7.77. The van der Waals surface area contributed by atoms with Gasteiger partial charge in [-0.15, -0.1) is 0 Å². The highest BCUT2D eigenvalue weighted by atomic mass is 16.1. The van der Waals surface area contributed by atoms with Gasteiger partial charge >= 0.3 is 0 Å². The predicted molar refractivity (Wildman–Crippen MR) is 62.9 cm³/mol.